The van der Waals surface area contributed by atoms with Gasteiger partial charge >= 0.3 is 6.47 Å². The summed E-state index contributed by atoms with van der Waals surface area (Å²) in [6, 6.07) is 3.32. The van der Waals surface area contributed by atoms with Crippen LogP contribution < -0.4 is 0 Å². The second-order valence-corrected chi connectivity index (χ2v) is 1.76. The summed E-state index contributed by atoms with van der Waals surface area (Å²) >= 11 is 4.32. The maximum absolute atomic E-state index is 9.98. The zero-order valence-electron chi connectivity index (χ0n) is 6.01. The number of pyridine rings is 1. The highest BCUT2D eigenvalue weighted by molar-refractivity contribution is 6.10. The summed E-state index contributed by atoms with van der Waals surface area (Å²) < 4.78 is 3.33. The predicted molar refractivity (Wildman–Crippen MR) is 42.6 cm³/mol. The highest BCUT2D eigenvalue weighted by atomic mass is 35.5. The zero-order valence-corrected chi connectivity index (χ0v) is 6.77. The van der Waals surface area contributed by atoms with Crippen molar-refractivity contribution in [3.05, 3.63) is 30.1 Å². The molecule has 1 aromatic rings. The standard InChI is InChI=1S/C6H5NO.CHClO2/c8-5-6-1-3-7-4-2-6;2-4-1-3/h1-5H;1H. The molecule has 0 amide bonds. The molecule has 1 aromatic heterocycles. The van der Waals surface area contributed by atoms with E-state index >= 15 is 0 Å². The first kappa shape index (κ1) is 10.6. The normalized spacial score (nSPS) is 7.42. The predicted octanol–water partition coefficient (Wildman–Crippen LogP) is 1.21. The number of rotatable bonds is 2. The summed E-state index contributed by atoms with van der Waals surface area (Å²) in [7, 11) is 0. The lowest BCUT2D eigenvalue weighted by Gasteiger charge is -1.81. The fraction of sp³-hybridized carbons (Fsp3) is 0. The summed E-state index contributed by atoms with van der Waals surface area (Å²) in [6.07, 6.45) is 3.97. The summed E-state index contributed by atoms with van der Waals surface area (Å²) in [5.74, 6) is 0. The van der Waals surface area contributed by atoms with Gasteiger partial charge in [0.05, 0.1) is 0 Å². The minimum absolute atomic E-state index is 0.140. The van der Waals surface area contributed by atoms with Crippen LogP contribution in [0.1, 0.15) is 10.4 Å². The van der Waals surface area contributed by atoms with Gasteiger partial charge in [0.1, 0.15) is 18.2 Å². The largest absolute Gasteiger partial charge is 0.350 e. The summed E-state index contributed by atoms with van der Waals surface area (Å²) in [6.45, 7) is 0.140. The first-order valence-corrected chi connectivity index (χ1v) is 3.22. The molecule has 0 aliphatic rings. The van der Waals surface area contributed by atoms with E-state index in [1.165, 1.54) is 0 Å². The van der Waals surface area contributed by atoms with E-state index in [-0.39, 0.29) is 6.47 Å². The first-order valence-electron chi connectivity index (χ1n) is 2.91. The van der Waals surface area contributed by atoms with Gasteiger partial charge in [0, 0.05) is 18.0 Å². The molecule has 0 aromatic carbocycles. The number of carbonyl (C=O) groups is 2. The molecule has 5 heteroatoms. The van der Waals surface area contributed by atoms with Crippen LogP contribution in [0.3, 0.4) is 0 Å². The number of nitrogens with zero attached hydrogens (tertiary/aromatic N) is 1. The van der Waals surface area contributed by atoms with Crippen molar-refractivity contribution in [2.45, 2.75) is 0 Å². The second-order valence-electron chi connectivity index (χ2n) is 1.58. The summed E-state index contributed by atoms with van der Waals surface area (Å²) in [5, 5.41) is 0. The topological polar surface area (TPSA) is 56.3 Å². The van der Waals surface area contributed by atoms with Crippen LogP contribution in [-0.4, -0.2) is 17.7 Å². The van der Waals surface area contributed by atoms with Crippen LogP contribution in [0.4, 0.5) is 0 Å². The van der Waals surface area contributed by atoms with Crippen LogP contribution in [0.5, 0.6) is 0 Å². The van der Waals surface area contributed by atoms with Crippen molar-refractivity contribution in [2.75, 3.05) is 0 Å². The molecular weight excluding hydrogens is 182 g/mol. The molecule has 1 rings (SSSR count). The van der Waals surface area contributed by atoms with E-state index < -0.39 is 0 Å². The zero-order chi connectivity index (χ0) is 9.23. The third-order valence-electron chi connectivity index (χ3n) is 0.879. The van der Waals surface area contributed by atoms with Crippen molar-refractivity contribution in [3.8, 4) is 0 Å². The number of carbonyl (C=O) groups excluding carboxylic acids is 2. The molecule has 0 atom stereocenters. The Bertz CT molecular complexity index is 227. The van der Waals surface area contributed by atoms with Gasteiger partial charge in [-0.2, -0.15) is 0 Å². The van der Waals surface area contributed by atoms with Crippen LogP contribution in [-0.2, 0) is 9.08 Å². The lowest BCUT2D eigenvalue weighted by molar-refractivity contribution is -0.120. The van der Waals surface area contributed by atoms with Gasteiger partial charge in [0.25, 0.3) is 0 Å². The van der Waals surface area contributed by atoms with E-state index in [9.17, 15) is 4.79 Å². The molecule has 0 bridgehead atoms. The smallest absolute Gasteiger partial charge is 0.312 e. The molecule has 0 spiro atoms. The minimum atomic E-state index is 0.140. The van der Waals surface area contributed by atoms with Crippen LogP contribution in [0.15, 0.2) is 24.5 Å². The van der Waals surface area contributed by atoms with Gasteiger partial charge in [-0.05, 0) is 12.1 Å². The van der Waals surface area contributed by atoms with Crippen molar-refractivity contribution >= 4 is 24.6 Å². The van der Waals surface area contributed by atoms with Gasteiger partial charge in [-0.25, -0.2) is 0 Å². The van der Waals surface area contributed by atoms with Crippen LogP contribution in [0, 0.1) is 0 Å². The SMILES string of the molecule is O=COCl.O=Cc1ccncc1. The second kappa shape index (κ2) is 7.68. The Hall–Kier alpha value is -1.42. The highest BCUT2D eigenvalue weighted by Gasteiger charge is 1.80. The Morgan fingerprint density at radius 2 is 1.83 bits per heavy atom. The lowest BCUT2D eigenvalue weighted by Crippen LogP contribution is -1.76. The van der Waals surface area contributed by atoms with E-state index in [0.717, 1.165) is 6.29 Å². The van der Waals surface area contributed by atoms with E-state index in [0.29, 0.717) is 5.56 Å². The number of halogens is 1. The number of hydrogen-bond acceptors (Lipinski definition) is 4. The average Bonchev–Trinajstić information content (AvgIpc) is 2.19. The molecule has 0 saturated carbocycles. The minimum Gasteiger partial charge on any atom is -0.350 e. The molecule has 0 fully saturated rings. The van der Waals surface area contributed by atoms with Gasteiger partial charge in [0.15, 0.2) is 0 Å². The number of hydrogen-bond donors (Lipinski definition) is 0. The van der Waals surface area contributed by atoms with Crippen LogP contribution >= 0.6 is 11.9 Å². The molecule has 0 unspecified atom stereocenters. The van der Waals surface area contributed by atoms with Crippen molar-refractivity contribution in [1.82, 2.24) is 4.98 Å². The third kappa shape index (κ3) is 5.37. The number of aromatic nitrogens is 1. The quantitative estimate of drug-likeness (QED) is 0.653. The van der Waals surface area contributed by atoms with E-state index in [2.05, 4.69) is 21.1 Å². The van der Waals surface area contributed by atoms with Crippen LogP contribution in [0.2, 0.25) is 0 Å². The molecule has 1 heterocycles. The molecule has 4 nitrogen and oxygen atoms in total. The first-order chi connectivity index (χ1) is 5.85. The lowest BCUT2D eigenvalue weighted by atomic mass is 10.3. The van der Waals surface area contributed by atoms with Gasteiger partial charge in [-0.1, -0.05) is 0 Å². The Kier molecular flexibility index (Phi) is 6.78. The Morgan fingerprint density at radius 3 is 2.08 bits per heavy atom. The monoisotopic (exact) mass is 187 g/mol. The summed E-state index contributed by atoms with van der Waals surface area (Å²) in [5.41, 5.74) is 0.667. The fourth-order valence-electron chi connectivity index (χ4n) is 0.442. The maximum atomic E-state index is 9.98. The van der Waals surface area contributed by atoms with Crippen molar-refractivity contribution < 1.29 is 13.9 Å². The molecule has 0 N–H and O–H groups in total. The molecule has 0 saturated heterocycles. The fourth-order valence-corrected chi connectivity index (χ4v) is 0.442. The maximum Gasteiger partial charge on any atom is 0.312 e. The van der Waals surface area contributed by atoms with Gasteiger partial charge in [-0.3, -0.25) is 14.6 Å². The molecule has 0 radical (unpaired) electrons. The van der Waals surface area contributed by atoms with Gasteiger partial charge in [-0.15, -0.1) is 0 Å². The average molecular weight is 188 g/mol. The summed E-state index contributed by atoms with van der Waals surface area (Å²) in [4.78, 5) is 22.5. The van der Waals surface area contributed by atoms with E-state index in [1.807, 2.05) is 0 Å². The van der Waals surface area contributed by atoms with E-state index in [4.69, 9.17) is 4.79 Å². The molecular formula is C7H6ClNO3. The van der Waals surface area contributed by atoms with Gasteiger partial charge in [0.2, 0.25) is 0 Å². The third-order valence-corrected chi connectivity index (χ3v) is 0.951. The Morgan fingerprint density at radius 1 is 1.33 bits per heavy atom. The highest BCUT2D eigenvalue weighted by Crippen LogP contribution is 1.88. The van der Waals surface area contributed by atoms with E-state index in [1.54, 1.807) is 24.5 Å². The van der Waals surface area contributed by atoms with Crippen molar-refractivity contribution in [2.24, 2.45) is 0 Å². The van der Waals surface area contributed by atoms with Crippen molar-refractivity contribution in [3.63, 3.8) is 0 Å². The molecule has 12 heavy (non-hydrogen) atoms. The Labute approximate surface area is 74.3 Å². The Balaban J connectivity index is 0.000000261. The van der Waals surface area contributed by atoms with Crippen molar-refractivity contribution in [1.29, 1.82) is 0 Å². The molecule has 0 aliphatic carbocycles. The number of aldehydes is 1. The van der Waals surface area contributed by atoms with Gasteiger partial charge < -0.3 is 4.29 Å². The molecule has 64 valence electrons. The van der Waals surface area contributed by atoms with Crippen LogP contribution in [0.25, 0.3) is 0 Å². The molecule has 0 aliphatic heterocycles.